The quantitative estimate of drug-likeness (QED) is 0.579. The van der Waals surface area contributed by atoms with Crippen LogP contribution in [0.3, 0.4) is 0 Å². The Morgan fingerprint density at radius 2 is 2.08 bits per heavy atom. The van der Waals surface area contributed by atoms with E-state index in [1.54, 1.807) is 22.7 Å². The Bertz CT molecular complexity index is 802. The van der Waals surface area contributed by atoms with Crippen LogP contribution in [0, 0.1) is 0 Å². The predicted molar refractivity (Wildman–Crippen MR) is 104 cm³/mol. The summed E-state index contributed by atoms with van der Waals surface area (Å²) in [5, 5.41) is 5.28. The summed E-state index contributed by atoms with van der Waals surface area (Å²) in [4.78, 5) is 8.47. The van der Waals surface area contributed by atoms with Gasteiger partial charge in [0, 0.05) is 29.5 Å². The molecule has 2 aromatic heterocycles. The second-order valence-corrected chi connectivity index (χ2v) is 8.41. The molecule has 1 aliphatic heterocycles. The van der Waals surface area contributed by atoms with Crippen LogP contribution in [-0.2, 0) is 11.3 Å². The van der Waals surface area contributed by atoms with Crippen LogP contribution in [0.5, 0.6) is 0 Å². The number of ether oxygens (including phenoxy) is 1. The Balaban J connectivity index is 1.46. The van der Waals surface area contributed by atoms with Gasteiger partial charge < -0.3 is 4.74 Å². The molecule has 0 bridgehead atoms. The molecule has 24 heavy (non-hydrogen) atoms. The van der Waals surface area contributed by atoms with Crippen LogP contribution in [0.25, 0.3) is 10.6 Å². The summed E-state index contributed by atoms with van der Waals surface area (Å²) in [6.07, 6.45) is 0.0694. The Hall–Kier alpha value is -1.05. The van der Waals surface area contributed by atoms with Gasteiger partial charge in [0.1, 0.15) is 11.1 Å². The summed E-state index contributed by atoms with van der Waals surface area (Å²) in [6, 6.07) is 12.7. The first-order chi connectivity index (χ1) is 11.8. The lowest BCUT2D eigenvalue weighted by molar-refractivity contribution is -0.0329. The van der Waals surface area contributed by atoms with Gasteiger partial charge in [0.05, 0.1) is 17.2 Å². The Morgan fingerprint density at radius 3 is 2.88 bits per heavy atom. The molecular formula is C18H17BrN2OS2. The van der Waals surface area contributed by atoms with Crippen molar-refractivity contribution >= 4 is 38.6 Å². The lowest BCUT2D eigenvalue weighted by Crippen LogP contribution is -2.37. The van der Waals surface area contributed by atoms with Crippen molar-refractivity contribution in [3.05, 3.63) is 62.2 Å². The molecule has 1 atom stereocenters. The van der Waals surface area contributed by atoms with E-state index in [4.69, 9.17) is 9.72 Å². The first-order valence-electron chi connectivity index (χ1n) is 7.86. The van der Waals surface area contributed by atoms with E-state index in [1.165, 1.54) is 10.4 Å². The molecule has 1 fully saturated rings. The van der Waals surface area contributed by atoms with Crippen molar-refractivity contribution in [1.82, 2.24) is 9.88 Å². The fraction of sp³-hybridized carbons (Fsp3) is 0.278. The molecule has 0 unspecified atom stereocenters. The van der Waals surface area contributed by atoms with Crippen LogP contribution in [0.2, 0.25) is 0 Å². The number of benzene rings is 1. The zero-order chi connectivity index (χ0) is 16.4. The lowest BCUT2D eigenvalue weighted by atomic mass is 10.2. The molecule has 1 aromatic carbocycles. The molecule has 0 spiro atoms. The van der Waals surface area contributed by atoms with E-state index in [9.17, 15) is 0 Å². The van der Waals surface area contributed by atoms with Crippen molar-refractivity contribution in [3.8, 4) is 10.6 Å². The van der Waals surface area contributed by atoms with Crippen molar-refractivity contribution in [2.75, 3.05) is 19.7 Å². The predicted octanol–water partition coefficient (Wildman–Crippen LogP) is 5.21. The first kappa shape index (κ1) is 16.4. The number of hydrogen-bond acceptors (Lipinski definition) is 5. The monoisotopic (exact) mass is 420 g/mol. The van der Waals surface area contributed by atoms with Crippen LogP contribution in [0.1, 0.15) is 16.7 Å². The van der Waals surface area contributed by atoms with Crippen molar-refractivity contribution in [2.24, 2.45) is 0 Å². The zero-order valence-electron chi connectivity index (χ0n) is 13.0. The van der Waals surface area contributed by atoms with Gasteiger partial charge >= 0.3 is 0 Å². The van der Waals surface area contributed by atoms with Crippen LogP contribution in [0.15, 0.2) is 51.6 Å². The van der Waals surface area contributed by atoms with Gasteiger partial charge in [0.2, 0.25) is 0 Å². The van der Waals surface area contributed by atoms with Gasteiger partial charge in [-0.3, -0.25) is 4.90 Å². The number of halogens is 1. The Kier molecular flexibility index (Phi) is 5.10. The number of rotatable bonds is 4. The van der Waals surface area contributed by atoms with E-state index in [-0.39, 0.29) is 6.10 Å². The van der Waals surface area contributed by atoms with E-state index in [1.807, 2.05) is 0 Å². The van der Waals surface area contributed by atoms with E-state index < -0.39 is 0 Å². The summed E-state index contributed by atoms with van der Waals surface area (Å²) in [5.41, 5.74) is 2.39. The number of morpholine rings is 1. The number of hydrogen-bond donors (Lipinski definition) is 0. The van der Waals surface area contributed by atoms with Gasteiger partial charge in [-0.2, -0.15) is 0 Å². The van der Waals surface area contributed by atoms with Crippen molar-refractivity contribution < 1.29 is 4.74 Å². The third kappa shape index (κ3) is 3.63. The summed E-state index contributed by atoms with van der Waals surface area (Å²) in [7, 11) is 0. The van der Waals surface area contributed by atoms with Gasteiger partial charge in [-0.25, -0.2) is 4.98 Å². The molecule has 3 nitrogen and oxygen atoms in total. The third-order valence-corrected chi connectivity index (χ3v) is 6.84. The highest BCUT2D eigenvalue weighted by atomic mass is 79.9. The average Bonchev–Trinajstić information content (AvgIpc) is 3.25. The average molecular weight is 421 g/mol. The number of thiophene rings is 1. The molecular weight excluding hydrogens is 404 g/mol. The van der Waals surface area contributed by atoms with Crippen molar-refractivity contribution in [2.45, 2.75) is 12.6 Å². The molecule has 6 heteroatoms. The zero-order valence-corrected chi connectivity index (χ0v) is 16.2. The van der Waals surface area contributed by atoms with E-state index >= 15 is 0 Å². The largest absolute Gasteiger partial charge is 0.368 e. The second kappa shape index (κ2) is 7.45. The molecule has 1 saturated heterocycles. The van der Waals surface area contributed by atoms with E-state index in [0.717, 1.165) is 41.4 Å². The number of nitrogens with zero attached hydrogens (tertiary/aromatic N) is 2. The number of aromatic nitrogens is 1. The molecule has 3 aromatic rings. The highest BCUT2D eigenvalue weighted by Gasteiger charge is 2.25. The minimum absolute atomic E-state index is 0.0694. The fourth-order valence-electron chi connectivity index (χ4n) is 2.85. The topological polar surface area (TPSA) is 25.4 Å². The third-order valence-electron chi connectivity index (χ3n) is 4.05. The molecule has 0 N–H and O–H groups in total. The van der Waals surface area contributed by atoms with Crippen LogP contribution in [0.4, 0.5) is 0 Å². The smallest absolute Gasteiger partial charge is 0.124 e. The van der Waals surface area contributed by atoms with Crippen LogP contribution < -0.4 is 0 Å². The van der Waals surface area contributed by atoms with Crippen molar-refractivity contribution in [3.63, 3.8) is 0 Å². The second-order valence-electron chi connectivity index (χ2n) is 5.75. The summed E-state index contributed by atoms with van der Waals surface area (Å²) >= 11 is 7.00. The van der Waals surface area contributed by atoms with Crippen LogP contribution >= 0.6 is 38.6 Å². The van der Waals surface area contributed by atoms with Crippen LogP contribution in [-0.4, -0.2) is 29.6 Å². The highest BCUT2D eigenvalue weighted by molar-refractivity contribution is 9.10. The molecule has 0 radical (unpaired) electrons. The van der Waals surface area contributed by atoms with E-state index in [0.29, 0.717) is 0 Å². The van der Waals surface area contributed by atoms with Gasteiger partial charge in [-0.1, -0.05) is 30.3 Å². The Morgan fingerprint density at radius 1 is 1.21 bits per heavy atom. The first-order valence-corrected chi connectivity index (χ1v) is 10.4. The lowest BCUT2D eigenvalue weighted by Gasteiger charge is -2.31. The van der Waals surface area contributed by atoms with Gasteiger partial charge in [-0.05, 0) is 32.9 Å². The molecule has 124 valence electrons. The maximum absolute atomic E-state index is 5.99. The molecule has 3 heterocycles. The summed E-state index contributed by atoms with van der Waals surface area (Å²) in [6.45, 7) is 3.60. The summed E-state index contributed by atoms with van der Waals surface area (Å²) < 4.78 is 7.10. The minimum Gasteiger partial charge on any atom is -0.368 e. The maximum atomic E-state index is 5.99. The molecule has 0 saturated carbocycles. The van der Waals surface area contributed by atoms with E-state index in [2.05, 4.69) is 68.0 Å². The minimum atomic E-state index is 0.0694. The Labute approximate surface area is 158 Å². The fourth-order valence-corrected chi connectivity index (χ4v) is 5.31. The molecule has 0 aliphatic carbocycles. The molecule has 0 amide bonds. The normalized spacial score (nSPS) is 18.8. The highest BCUT2D eigenvalue weighted by Crippen LogP contribution is 2.36. The maximum Gasteiger partial charge on any atom is 0.124 e. The standard InChI is InChI=1S/C18H17BrN2OS2/c19-14-6-9-23-17(14)15-12-24-18(20-15)16-11-21(7-8-22-16)10-13-4-2-1-3-5-13/h1-6,9,12,16H,7-8,10-11H2/t16-/m1/s1. The van der Waals surface area contributed by atoms with Crippen molar-refractivity contribution in [1.29, 1.82) is 0 Å². The SMILES string of the molecule is Brc1ccsc1-c1csc([C@H]2CN(Cc3ccccc3)CCO2)n1. The van der Waals surface area contributed by atoms with Gasteiger partial charge in [-0.15, -0.1) is 22.7 Å². The summed E-state index contributed by atoms with van der Waals surface area (Å²) in [5.74, 6) is 0. The number of thiazole rings is 1. The van der Waals surface area contributed by atoms with Gasteiger partial charge in [0.15, 0.2) is 0 Å². The molecule has 1 aliphatic rings. The molecule has 4 rings (SSSR count). The van der Waals surface area contributed by atoms with Gasteiger partial charge in [0.25, 0.3) is 0 Å².